The van der Waals surface area contributed by atoms with E-state index >= 15 is 0 Å². The van der Waals surface area contributed by atoms with Crippen LogP contribution in [0.3, 0.4) is 0 Å². The number of carbonyl (C=O) groups is 1. The van der Waals surface area contributed by atoms with E-state index in [2.05, 4.69) is 74.1 Å². The van der Waals surface area contributed by atoms with Gasteiger partial charge in [-0.25, -0.2) is 0 Å². The smallest absolute Gasteiger partial charge is 0.306 e. The standard InChI is InChI=1S/C25H40O3/c1-11-12-13-21(26)28-17(2)16-25(9,10)18-14-19(23(3,4)5)22(27)20(15-18)24(6,7)8/h11,14-15,17,27H,1,12-13,16H2,2-10H3. The second-order valence-corrected chi connectivity index (χ2v) is 10.6. The molecule has 0 aliphatic carbocycles. The third kappa shape index (κ3) is 6.39. The van der Waals surface area contributed by atoms with Crippen molar-refractivity contribution in [1.29, 1.82) is 0 Å². The van der Waals surface area contributed by atoms with Gasteiger partial charge >= 0.3 is 5.97 Å². The van der Waals surface area contributed by atoms with Crippen LogP contribution >= 0.6 is 0 Å². The van der Waals surface area contributed by atoms with Crippen molar-refractivity contribution in [1.82, 2.24) is 0 Å². The largest absolute Gasteiger partial charge is 0.507 e. The lowest BCUT2D eigenvalue weighted by Gasteiger charge is -2.34. The van der Waals surface area contributed by atoms with Crippen LogP contribution in [0.5, 0.6) is 5.75 Å². The first-order valence-corrected chi connectivity index (χ1v) is 10.3. The van der Waals surface area contributed by atoms with Crippen molar-refractivity contribution >= 4 is 5.97 Å². The lowest BCUT2D eigenvalue weighted by atomic mass is 9.72. The van der Waals surface area contributed by atoms with Gasteiger partial charge in [-0.2, -0.15) is 0 Å². The Morgan fingerprint density at radius 3 is 1.93 bits per heavy atom. The summed E-state index contributed by atoms with van der Waals surface area (Å²) in [5.41, 5.74) is 2.54. The molecule has 1 aromatic rings. The van der Waals surface area contributed by atoms with E-state index in [-0.39, 0.29) is 28.3 Å². The minimum absolute atomic E-state index is 0.168. The maximum atomic E-state index is 11.9. The summed E-state index contributed by atoms with van der Waals surface area (Å²) in [6.07, 6.45) is 3.27. The van der Waals surface area contributed by atoms with Crippen LogP contribution in [0.15, 0.2) is 24.8 Å². The molecule has 0 aromatic heterocycles. The number of ether oxygens (including phenoxy) is 1. The molecule has 0 amide bonds. The molecule has 0 heterocycles. The summed E-state index contributed by atoms with van der Waals surface area (Å²) >= 11 is 0. The zero-order valence-corrected chi connectivity index (χ0v) is 19.4. The van der Waals surface area contributed by atoms with E-state index in [0.717, 1.165) is 16.7 Å². The summed E-state index contributed by atoms with van der Waals surface area (Å²) in [5, 5.41) is 11.0. The maximum Gasteiger partial charge on any atom is 0.306 e. The van der Waals surface area contributed by atoms with Crippen molar-refractivity contribution in [3.05, 3.63) is 41.5 Å². The number of hydrogen-bond acceptors (Lipinski definition) is 3. The first-order valence-electron chi connectivity index (χ1n) is 10.3. The molecule has 0 aliphatic rings. The Hall–Kier alpha value is -1.77. The van der Waals surface area contributed by atoms with E-state index in [4.69, 9.17) is 4.74 Å². The molecule has 0 fully saturated rings. The molecule has 0 saturated heterocycles. The van der Waals surface area contributed by atoms with Crippen molar-refractivity contribution in [3.8, 4) is 5.75 Å². The molecule has 1 unspecified atom stereocenters. The molecule has 1 atom stereocenters. The molecular weight excluding hydrogens is 348 g/mol. The van der Waals surface area contributed by atoms with Crippen molar-refractivity contribution in [2.45, 2.75) is 104 Å². The van der Waals surface area contributed by atoms with E-state index in [1.165, 1.54) is 0 Å². The van der Waals surface area contributed by atoms with Crippen LogP contribution in [-0.2, 0) is 25.8 Å². The molecule has 1 N–H and O–H groups in total. The van der Waals surface area contributed by atoms with Crippen LogP contribution in [0.1, 0.15) is 98.3 Å². The third-order valence-electron chi connectivity index (χ3n) is 5.19. The van der Waals surface area contributed by atoms with Gasteiger partial charge < -0.3 is 9.84 Å². The number of allylic oxidation sites excluding steroid dienone is 1. The summed E-state index contributed by atoms with van der Waals surface area (Å²) in [6.45, 7) is 22.7. The molecule has 158 valence electrons. The van der Waals surface area contributed by atoms with Crippen LogP contribution < -0.4 is 0 Å². The van der Waals surface area contributed by atoms with Gasteiger partial charge in [-0.05, 0) is 52.7 Å². The second kappa shape index (κ2) is 8.71. The zero-order chi connectivity index (χ0) is 21.9. The van der Waals surface area contributed by atoms with Gasteiger partial charge in [0, 0.05) is 6.42 Å². The molecule has 0 bridgehead atoms. The van der Waals surface area contributed by atoms with Gasteiger partial charge in [0.2, 0.25) is 0 Å². The van der Waals surface area contributed by atoms with Gasteiger partial charge in [0.1, 0.15) is 5.75 Å². The Kier molecular flexibility index (Phi) is 7.55. The topological polar surface area (TPSA) is 46.5 Å². The number of phenols is 1. The Bertz CT molecular complexity index is 664. The predicted molar refractivity (Wildman–Crippen MR) is 118 cm³/mol. The first-order chi connectivity index (χ1) is 12.6. The van der Waals surface area contributed by atoms with Gasteiger partial charge in [-0.15, -0.1) is 6.58 Å². The number of rotatable bonds is 7. The number of benzene rings is 1. The SMILES string of the molecule is C=CCCC(=O)OC(C)CC(C)(C)c1cc(C(C)(C)C)c(O)c(C(C)(C)C)c1. The zero-order valence-electron chi connectivity index (χ0n) is 19.4. The van der Waals surface area contributed by atoms with Crippen molar-refractivity contribution in [2.24, 2.45) is 0 Å². The number of carbonyl (C=O) groups excluding carboxylic acids is 1. The van der Waals surface area contributed by atoms with Gasteiger partial charge in [0.25, 0.3) is 0 Å². The molecule has 28 heavy (non-hydrogen) atoms. The van der Waals surface area contributed by atoms with E-state index in [9.17, 15) is 9.90 Å². The van der Waals surface area contributed by atoms with Crippen LogP contribution in [0.2, 0.25) is 0 Å². The highest BCUT2D eigenvalue weighted by molar-refractivity contribution is 5.69. The fourth-order valence-corrected chi connectivity index (χ4v) is 3.55. The van der Waals surface area contributed by atoms with Crippen molar-refractivity contribution in [2.75, 3.05) is 0 Å². The fraction of sp³-hybridized carbons (Fsp3) is 0.640. The summed E-state index contributed by atoms with van der Waals surface area (Å²) < 4.78 is 5.59. The molecule has 1 aromatic carbocycles. The summed E-state index contributed by atoms with van der Waals surface area (Å²) in [4.78, 5) is 11.9. The molecule has 0 saturated carbocycles. The van der Waals surface area contributed by atoms with Crippen LogP contribution in [-0.4, -0.2) is 17.2 Å². The molecule has 0 aliphatic heterocycles. The molecular formula is C25H40O3. The Balaban J connectivity index is 3.25. The fourth-order valence-electron chi connectivity index (χ4n) is 3.55. The van der Waals surface area contributed by atoms with E-state index in [1.54, 1.807) is 6.08 Å². The van der Waals surface area contributed by atoms with Crippen LogP contribution in [0.4, 0.5) is 0 Å². The molecule has 3 heteroatoms. The quantitative estimate of drug-likeness (QED) is 0.425. The van der Waals surface area contributed by atoms with E-state index in [0.29, 0.717) is 25.0 Å². The highest BCUT2D eigenvalue weighted by Gasteiger charge is 2.32. The van der Waals surface area contributed by atoms with Crippen LogP contribution in [0, 0.1) is 0 Å². The molecule has 1 rings (SSSR count). The summed E-state index contributed by atoms with van der Waals surface area (Å²) in [6, 6.07) is 4.24. The lowest BCUT2D eigenvalue weighted by Crippen LogP contribution is -2.28. The highest BCUT2D eigenvalue weighted by atomic mass is 16.5. The highest BCUT2D eigenvalue weighted by Crippen LogP contribution is 2.43. The molecule has 0 spiro atoms. The number of hydrogen-bond donors (Lipinski definition) is 1. The third-order valence-corrected chi connectivity index (χ3v) is 5.19. The molecule has 3 nitrogen and oxygen atoms in total. The normalized spacial score (nSPS) is 13.9. The van der Waals surface area contributed by atoms with Gasteiger partial charge in [0.15, 0.2) is 0 Å². The Labute approximate surface area is 172 Å². The average Bonchev–Trinajstić information content (AvgIpc) is 2.49. The van der Waals surface area contributed by atoms with Crippen molar-refractivity contribution < 1.29 is 14.6 Å². The monoisotopic (exact) mass is 388 g/mol. The van der Waals surface area contributed by atoms with Gasteiger partial charge in [-0.1, -0.05) is 73.6 Å². The minimum Gasteiger partial charge on any atom is -0.507 e. The Morgan fingerprint density at radius 2 is 1.54 bits per heavy atom. The summed E-state index contributed by atoms with van der Waals surface area (Å²) in [7, 11) is 0. The maximum absolute atomic E-state index is 11.9. The minimum atomic E-state index is -0.203. The Morgan fingerprint density at radius 1 is 1.07 bits per heavy atom. The number of esters is 1. The van der Waals surface area contributed by atoms with E-state index < -0.39 is 0 Å². The number of phenolic OH excluding ortho intramolecular Hbond substituents is 1. The second-order valence-electron chi connectivity index (χ2n) is 10.6. The van der Waals surface area contributed by atoms with Gasteiger partial charge in [-0.3, -0.25) is 4.79 Å². The van der Waals surface area contributed by atoms with Crippen LogP contribution in [0.25, 0.3) is 0 Å². The number of aromatic hydroxyl groups is 1. The first kappa shape index (κ1) is 24.3. The average molecular weight is 389 g/mol. The summed E-state index contributed by atoms with van der Waals surface area (Å²) in [5.74, 6) is 0.211. The van der Waals surface area contributed by atoms with Gasteiger partial charge in [0.05, 0.1) is 6.10 Å². The lowest BCUT2D eigenvalue weighted by molar-refractivity contribution is -0.148. The van der Waals surface area contributed by atoms with E-state index in [1.807, 2.05) is 6.92 Å². The predicted octanol–water partition coefficient (Wildman–Crippen LogP) is 6.55. The molecule has 0 radical (unpaired) electrons. The van der Waals surface area contributed by atoms with Crippen molar-refractivity contribution in [3.63, 3.8) is 0 Å².